The summed E-state index contributed by atoms with van der Waals surface area (Å²) in [5.74, 6) is -0.483. The van der Waals surface area contributed by atoms with Gasteiger partial charge in [-0.1, -0.05) is 30.3 Å². The summed E-state index contributed by atoms with van der Waals surface area (Å²) >= 11 is 0. The van der Waals surface area contributed by atoms with Crippen molar-refractivity contribution in [3.8, 4) is 5.75 Å². The van der Waals surface area contributed by atoms with Crippen LogP contribution < -0.4 is 10.6 Å². The second-order valence-electron chi connectivity index (χ2n) is 6.51. The fraction of sp³-hybridized carbons (Fsp3) is 0.136. The zero-order valence-electron chi connectivity index (χ0n) is 14.5. The van der Waals surface area contributed by atoms with E-state index in [2.05, 4.69) is 4.99 Å². The second-order valence-corrected chi connectivity index (χ2v) is 6.51. The molecule has 1 unspecified atom stereocenters. The second kappa shape index (κ2) is 7.19. The molecule has 3 nitrogen and oxygen atoms in total. The van der Waals surface area contributed by atoms with E-state index in [9.17, 15) is 13.9 Å². The summed E-state index contributed by atoms with van der Waals surface area (Å²) in [5, 5.41) is 11.6. The number of fused-ring (bicyclic) bond motifs is 1. The predicted molar refractivity (Wildman–Crippen MR) is 99.3 cm³/mol. The van der Waals surface area contributed by atoms with Gasteiger partial charge >= 0.3 is 0 Å². The first-order valence-corrected chi connectivity index (χ1v) is 8.73. The van der Waals surface area contributed by atoms with Crippen molar-refractivity contribution in [2.24, 2.45) is 4.99 Å². The van der Waals surface area contributed by atoms with Crippen molar-refractivity contribution in [2.75, 3.05) is 6.54 Å². The van der Waals surface area contributed by atoms with Gasteiger partial charge in [0.25, 0.3) is 0 Å². The van der Waals surface area contributed by atoms with E-state index in [1.807, 2.05) is 23.2 Å². The van der Waals surface area contributed by atoms with Crippen LogP contribution >= 0.6 is 0 Å². The van der Waals surface area contributed by atoms with Gasteiger partial charge in [-0.3, -0.25) is 4.99 Å². The molecule has 0 bridgehead atoms. The molecule has 136 valence electrons. The maximum absolute atomic E-state index is 13.6. The number of phenols is 1. The summed E-state index contributed by atoms with van der Waals surface area (Å²) in [6, 6.07) is 18.0. The molecule has 3 aromatic rings. The number of para-hydroxylation sites is 1. The molecule has 0 amide bonds. The summed E-state index contributed by atoms with van der Waals surface area (Å²) in [5.41, 5.74) is 1.52. The fourth-order valence-corrected chi connectivity index (χ4v) is 3.28. The molecule has 1 aliphatic heterocycles. The van der Waals surface area contributed by atoms with E-state index in [4.69, 9.17) is 0 Å². The summed E-state index contributed by atoms with van der Waals surface area (Å²) in [6.07, 6.45) is 2.05. The van der Waals surface area contributed by atoms with Gasteiger partial charge in [0.2, 0.25) is 0 Å². The van der Waals surface area contributed by atoms with Gasteiger partial charge in [-0.2, -0.15) is 0 Å². The zero-order chi connectivity index (χ0) is 18.8. The van der Waals surface area contributed by atoms with Crippen LogP contribution in [0.4, 0.5) is 8.78 Å². The monoisotopic (exact) mass is 364 g/mol. The Kier molecular flexibility index (Phi) is 4.59. The van der Waals surface area contributed by atoms with Crippen LogP contribution in [0.1, 0.15) is 17.3 Å². The number of aromatic hydroxyl groups is 1. The van der Waals surface area contributed by atoms with E-state index in [0.717, 1.165) is 10.8 Å². The van der Waals surface area contributed by atoms with E-state index in [-0.39, 0.29) is 17.4 Å². The van der Waals surface area contributed by atoms with Crippen LogP contribution in [0.5, 0.6) is 5.75 Å². The minimum absolute atomic E-state index is 0.134. The first-order valence-electron chi connectivity index (χ1n) is 8.73. The standard InChI is InChI=1S/C22H18F2N2O/c23-17-5-3-4-15(12-17)10-11-26-14-16-8-9-18(24)13-20(16)25-22(26)19-6-1-2-7-21(19)27/h1-9,12-14,22,27H,10-11H2. The summed E-state index contributed by atoms with van der Waals surface area (Å²) in [6.45, 7) is 0.572. The Balaban J connectivity index is 1.72. The van der Waals surface area contributed by atoms with Gasteiger partial charge in [-0.15, -0.1) is 0 Å². The molecule has 0 radical (unpaired) electrons. The van der Waals surface area contributed by atoms with Crippen LogP contribution in [0.2, 0.25) is 0 Å². The number of rotatable bonds is 4. The smallest absolute Gasteiger partial charge is 0.151 e. The molecule has 0 aliphatic carbocycles. The third kappa shape index (κ3) is 3.67. The average Bonchev–Trinajstić information content (AvgIpc) is 2.66. The van der Waals surface area contributed by atoms with Gasteiger partial charge in [0, 0.05) is 23.5 Å². The van der Waals surface area contributed by atoms with Crippen molar-refractivity contribution in [2.45, 2.75) is 12.6 Å². The summed E-state index contributed by atoms with van der Waals surface area (Å²) in [7, 11) is 0. The van der Waals surface area contributed by atoms with E-state index < -0.39 is 6.17 Å². The Labute approximate surface area is 155 Å². The molecule has 1 aliphatic rings. The third-order valence-corrected chi connectivity index (χ3v) is 4.64. The Morgan fingerprint density at radius 3 is 2.56 bits per heavy atom. The molecule has 0 saturated heterocycles. The lowest BCUT2D eigenvalue weighted by atomic mass is 10.1. The molecular formula is C22H18F2N2O. The van der Waals surface area contributed by atoms with E-state index >= 15 is 0 Å². The number of halogens is 2. The van der Waals surface area contributed by atoms with Gasteiger partial charge < -0.3 is 10.0 Å². The molecule has 0 aromatic heterocycles. The van der Waals surface area contributed by atoms with Gasteiger partial charge in [0.15, 0.2) is 6.17 Å². The highest BCUT2D eigenvalue weighted by atomic mass is 19.1. The minimum atomic E-state index is -0.478. The maximum atomic E-state index is 13.6. The Hall–Kier alpha value is -3.21. The van der Waals surface area contributed by atoms with Crippen LogP contribution in [0, 0.1) is 11.6 Å². The van der Waals surface area contributed by atoms with Crippen molar-refractivity contribution >= 4 is 6.20 Å². The number of hydrogen-bond donors (Lipinski definition) is 1. The normalized spacial score (nSPS) is 15.6. The Bertz CT molecular complexity index is 1100. The predicted octanol–water partition coefficient (Wildman–Crippen LogP) is 3.29. The SMILES string of the molecule is Oc1ccccc1C1N=c2cc(F)ccc2=CN1CCc1cccc(F)c1. The minimum Gasteiger partial charge on any atom is -0.508 e. The topological polar surface area (TPSA) is 35.8 Å². The maximum Gasteiger partial charge on any atom is 0.151 e. The van der Waals surface area contributed by atoms with Gasteiger partial charge in [0.1, 0.15) is 17.4 Å². The highest BCUT2D eigenvalue weighted by Crippen LogP contribution is 2.30. The van der Waals surface area contributed by atoms with Gasteiger partial charge in [-0.25, -0.2) is 8.78 Å². The highest BCUT2D eigenvalue weighted by Gasteiger charge is 2.22. The number of nitrogens with zero attached hydrogens (tertiary/aromatic N) is 2. The van der Waals surface area contributed by atoms with Crippen molar-refractivity contribution < 1.29 is 13.9 Å². The van der Waals surface area contributed by atoms with Crippen molar-refractivity contribution in [3.63, 3.8) is 0 Å². The number of benzene rings is 3. The Morgan fingerprint density at radius 2 is 1.74 bits per heavy atom. The van der Waals surface area contributed by atoms with Crippen LogP contribution in [0.3, 0.4) is 0 Å². The van der Waals surface area contributed by atoms with Crippen LogP contribution in [-0.4, -0.2) is 16.6 Å². The molecule has 1 atom stereocenters. The van der Waals surface area contributed by atoms with Gasteiger partial charge in [-0.05, 0) is 48.4 Å². The lowest BCUT2D eigenvalue weighted by molar-refractivity contribution is 0.301. The molecule has 3 aromatic carbocycles. The molecule has 1 N–H and O–H groups in total. The van der Waals surface area contributed by atoms with E-state index in [1.165, 1.54) is 24.3 Å². The van der Waals surface area contributed by atoms with Crippen molar-refractivity contribution in [3.05, 3.63) is 100 Å². The fourth-order valence-electron chi connectivity index (χ4n) is 3.28. The first kappa shape index (κ1) is 17.2. The molecular weight excluding hydrogens is 346 g/mol. The highest BCUT2D eigenvalue weighted by molar-refractivity contribution is 5.38. The van der Waals surface area contributed by atoms with Crippen molar-refractivity contribution in [1.29, 1.82) is 0 Å². The largest absolute Gasteiger partial charge is 0.508 e. The quantitative estimate of drug-likeness (QED) is 0.771. The zero-order valence-corrected chi connectivity index (χ0v) is 14.5. The van der Waals surface area contributed by atoms with E-state index in [1.54, 1.807) is 30.3 Å². The third-order valence-electron chi connectivity index (χ3n) is 4.64. The van der Waals surface area contributed by atoms with Crippen LogP contribution in [-0.2, 0) is 6.42 Å². The molecule has 0 saturated carbocycles. The molecule has 27 heavy (non-hydrogen) atoms. The molecule has 0 spiro atoms. The Morgan fingerprint density at radius 1 is 0.926 bits per heavy atom. The average molecular weight is 364 g/mol. The van der Waals surface area contributed by atoms with Crippen LogP contribution in [0.25, 0.3) is 6.20 Å². The van der Waals surface area contributed by atoms with Crippen molar-refractivity contribution in [1.82, 2.24) is 4.90 Å². The molecule has 0 fully saturated rings. The molecule has 1 heterocycles. The number of hydrogen-bond acceptors (Lipinski definition) is 3. The lowest BCUT2D eigenvalue weighted by Gasteiger charge is -2.30. The number of phenolic OH excluding ortho intramolecular Hbond substituents is 1. The first-order chi connectivity index (χ1) is 13.1. The van der Waals surface area contributed by atoms with E-state index in [0.29, 0.717) is 23.9 Å². The summed E-state index contributed by atoms with van der Waals surface area (Å²) < 4.78 is 27.1. The lowest BCUT2D eigenvalue weighted by Crippen LogP contribution is -2.38. The molecule has 5 heteroatoms. The summed E-state index contributed by atoms with van der Waals surface area (Å²) in [4.78, 5) is 6.66. The van der Waals surface area contributed by atoms with Crippen LogP contribution in [0.15, 0.2) is 71.7 Å². The van der Waals surface area contributed by atoms with Gasteiger partial charge in [0.05, 0.1) is 5.36 Å². The molecule has 4 rings (SSSR count).